The van der Waals surface area contributed by atoms with Crippen molar-refractivity contribution in [2.24, 2.45) is 17.6 Å². The van der Waals surface area contributed by atoms with Crippen molar-refractivity contribution in [1.29, 1.82) is 0 Å². The van der Waals surface area contributed by atoms with Crippen LogP contribution in [0.2, 0.25) is 0 Å². The zero-order chi connectivity index (χ0) is 10.4. The number of rotatable bonds is 1. The fourth-order valence-electron chi connectivity index (χ4n) is 3.65. The summed E-state index contributed by atoms with van der Waals surface area (Å²) in [7, 11) is 0. The molecule has 4 heterocycles. The van der Waals surface area contributed by atoms with Gasteiger partial charge in [0.1, 0.15) is 0 Å². The van der Waals surface area contributed by atoms with Gasteiger partial charge in [0.25, 0.3) is 0 Å². The summed E-state index contributed by atoms with van der Waals surface area (Å²) in [5, 5.41) is 0. The van der Waals surface area contributed by atoms with E-state index in [4.69, 9.17) is 5.73 Å². The molecule has 3 atom stereocenters. The predicted molar refractivity (Wildman–Crippen MR) is 61.7 cm³/mol. The van der Waals surface area contributed by atoms with Crippen molar-refractivity contribution in [3.05, 3.63) is 0 Å². The highest BCUT2D eigenvalue weighted by Gasteiger charge is 2.40. The second-order valence-electron chi connectivity index (χ2n) is 5.80. The smallest absolute Gasteiger partial charge is 0.0253 e. The van der Waals surface area contributed by atoms with Crippen molar-refractivity contribution in [3.8, 4) is 0 Å². The van der Waals surface area contributed by atoms with Crippen LogP contribution in [0, 0.1) is 11.8 Å². The van der Waals surface area contributed by atoms with E-state index in [0.29, 0.717) is 12.0 Å². The van der Waals surface area contributed by atoms with Crippen LogP contribution < -0.4 is 5.73 Å². The molecule has 0 saturated carbocycles. The second-order valence-corrected chi connectivity index (χ2v) is 5.80. The van der Waals surface area contributed by atoms with E-state index >= 15 is 0 Å². The zero-order valence-electron chi connectivity index (χ0n) is 9.73. The van der Waals surface area contributed by atoms with Gasteiger partial charge in [0.15, 0.2) is 0 Å². The van der Waals surface area contributed by atoms with Gasteiger partial charge in [-0.2, -0.15) is 0 Å². The SMILES string of the molecule is CC1CN(C2CN3CCC2CC3)CC1N. The van der Waals surface area contributed by atoms with Crippen molar-refractivity contribution >= 4 is 0 Å². The van der Waals surface area contributed by atoms with Gasteiger partial charge in [0.05, 0.1) is 0 Å². The molecule has 4 aliphatic rings. The third-order valence-electron chi connectivity index (χ3n) is 4.79. The highest BCUT2D eigenvalue weighted by molar-refractivity contribution is 4.96. The lowest BCUT2D eigenvalue weighted by Gasteiger charge is -2.48. The lowest BCUT2D eigenvalue weighted by atomic mass is 9.83. The first-order valence-corrected chi connectivity index (χ1v) is 6.46. The van der Waals surface area contributed by atoms with E-state index in [9.17, 15) is 0 Å². The standard InChI is InChI=1S/C12H23N3/c1-9-6-15(7-11(9)13)12-8-14-4-2-10(12)3-5-14/h9-12H,2-8,13H2,1H3. The monoisotopic (exact) mass is 209 g/mol. The molecule has 3 nitrogen and oxygen atoms in total. The van der Waals surface area contributed by atoms with Crippen molar-refractivity contribution < 1.29 is 0 Å². The quantitative estimate of drug-likeness (QED) is 0.677. The van der Waals surface area contributed by atoms with Gasteiger partial charge in [0, 0.05) is 31.7 Å². The molecule has 0 aromatic heterocycles. The largest absolute Gasteiger partial charge is 0.326 e. The molecule has 4 aliphatic heterocycles. The Morgan fingerprint density at radius 1 is 1.07 bits per heavy atom. The fourth-order valence-corrected chi connectivity index (χ4v) is 3.65. The van der Waals surface area contributed by atoms with Gasteiger partial charge in [-0.05, 0) is 37.8 Å². The molecule has 4 rings (SSSR count). The molecule has 15 heavy (non-hydrogen) atoms. The molecular formula is C12H23N3. The Kier molecular flexibility index (Phi) is 2.49. The predicted octanol–water partition coefficient (Wildman–Crippen LogP) is 0.360. The Morgan fingerprint density at radius 3 is 2.27 bits per heavy atom. The van der Waals surface area contributed by atoms with Crippen LogP contribution in [0.15, 0.2) is 0 Å². The Hall–Kier alpha value is -0.120. The number of nitrogens with two attached hydrogens (primary N) is 1. The van der Waals surface area contributed by atoms with Crippen LogP contribution in [0.5, 0.6) is 0 Å². The number of likely N-dealkylation sites (tertiary alicyclic amines) is 1. The summed E-state index contributed by atoms with van der Waals surface area (Å²) in [6, 6.07) is 1.24. The van der Waals surface area contributed by atoms with Crippen LogP contribution in [-0.2, 0) is 0 Å². The summed E-state index contributed by atoms with van der Waals surface area (Å²) in [5.41, 5.74) is 6.12. The van der Waals surface area contributed by atoms with E-state index in [1.54, 1.807) is 0 Å². The number of fused-ring (bicyclic) bond motifs is 3. The van der Waals surface area contributed by atoms with Crippen LogP contribution in [-0.4, -0.2) is 54.6 Å². The Morgan fingerprint density at radius 2 is 1.80 bits per heavy atom. The van der Waals surface area contributed by atoms with Crippen LogP contribution in [0.3, 0.4) is 0 Å². The molecule has 3 unspecified atom stereocenters. The first kappa shape index (κ1) is 10.1. The van der Waals surface area contributed by atoms with Gasteiger partial charge in [0.2, 0.25) is 0 Å². The molecule has 86 valence electrons. The molecule has 4 fully saturated rings. The molecule has 0 aliphatic carbocycles. The van der Waals surface area contributed by atoms with Gasteiger partial charge in [-0.25, -0.2) is 0 Å². The van der Waals surface area contributed by atoms with Crippen LogP contribution in [0.4, 0.5) is 0 Å². The summed E-state index contributed by atoms with van der Waals surface area (Å²) in [5.74, 6) is 1.66. The van der Waals surface area contributed by atoms with E-state index in [0.717, 1.165) is 18.5 Å². The maximum atomic E-state index is 6.12. The second kappa shape index (κ2) is 3.72. The lowest BCUT2D eigenvalue weighted by Crippen LogP contribution is -2.57. The van der Waals surface area contributed by atoms with Gasteiger partial charge in [-0.15, -0.1) is 0 Å². The number of piperidine rings is 3. The van der Waals surface area contributed by atoms with Crippen LogP contribution in [0.25, 0.3) is 0 Å². The van der Waals surface area contributed by atoms with Crippen molar-refractivity contribution in [3.63, 3.8) is 0 Å². The third-order valence-corrected chi connectivity index (χ3v) is 4.79. The summed E-state index contributed by atoms with van der Waals surface area (Å²) < 4.78 is 0. The first-order chi connectivity index (χ1) is 7.24. The van der Waals surface area contributed by atoms with E-state index in [-0.39, 0.29) is 0 Å². The van der Waals surface area contributed by atoms with Crippen molar-refractivity contribution in [2.75, 3.05) is 32.7 Å². The van der Waals surface area contributed by atoms with Gasteiger partial charge in [-0.3, -0.25) is 4.90 Å². The number of nitrogens with zero attached hydrogens (tertiary/aromatic N) is 2. The zero-order valence-corrected chi connectivity index (χ0v) is 9.73. The minimum atomic E-state index is 0.417. The normalized spacial score (nSPS) is 51.2. The summed E-state index contributed by atoms with van der Waals surface area (Å²) >= 11 is 0. The average molecular weight is 209 g/mol. The van der Waals surface area contributed by atoms with Gasteiger partial charge in [-0.1, -0.05) is 6.92 Å². The van der Waals surface area contributed by atoms with E-state index in [1.807, 2.05) is 0 Å². The molecule has 4 saturated heterocycles. The molecule has 0 radical (unpaired) electrons. The summed E-state index contributed by atoms with van der Waals surface area (Å²) in [4.78, 5) is 5.31. The highest BCUT2D eigenvalue weighted by atomic mass is 15.3. The van der Waals surface area contributed by atoms with Crippen molar-refractivity contribution in [2.45, 2.75) is 31.8 Å². The van der Waals surface area contributed by atoms with E-state index in [2.05, 4.69) is 16.7 Å². The minimum Gasteiger partial charge on any atom is -0.326 e. The number of hydrogen-bond donors (Lipinski definition) is 1. The number of hydrogen-bond acceptors (Lipinski definition) is 3. The lowest BCUT2D eigenvalue weighted by molar-refractivity contribution is 0.0141. The minimum absolute atomic E-state index is 0.417. The average Bonchev–Trinajstić information content (AvgIpc) is 2.61. The van der Waals surface area contributed by atoms with Crippen molar-refractivity contribution in [1.82, 2.24) is 9.80 Å². The maximum absolute atomic E-state index is 6.12. The molecule has 3 heteroatoms. The fraction of sp³-hybridized carbons (Fsp3) is 1.00. The Balaban J connectivity index is 1.68. The van der Waals surface area contributed by atoms with Gasteiger partial charge < -0.3 is 10.6 Å². The van der Waals surface area contributed by atoms with Gasteiger partial charge >= 0.3 is 0 Å². The molecule has 0 amide bonds. The molecule has 0 aromatic carbocycles. The molecular weight excluding hydrogens is 186 g/mol. The Labute approximate surface area is 92.6 Å². The molecule has 2 bridgehead atoms. The molecule has 2 N–H and O–H groups in total. The first-order valence-electron chi connectivity index (χ1n) is 6.46. The maximum Gasteiger partial charge on any atom is 0.0253 e. The summed E-state index contributed by atoms with van der Waals surface area (Å²) in [6.45, 7) is 8.66. The summed E-state index contributed by atoms with van der Waals surface area (Å²) in [6.07, 6.45) is 2.84. The van der Waals surface area contributed by atoms with E-state index < -0.39 is 0 Å². The third kappa shape index (κ3) is 1.71. The highest BCUT2D eigenvalue weighted by Crippen LogP contribution is 2.33. The molecule has 0 spiro atoms. The van der Waals surface area contributed by atoms with Crippen LogP contribution in [0.1, 0.15) is 19.8 Å². The topological polar surface area (TPSA) is 32.5 Å². The van der Waals surface area contributed by atoms with Crippen LogP contribution >= 0.6 is 0 Å². The van der Waals surface area contributed by atoms with E-state index in [1.165, 1.54) is 39.0 Å². The molecule has 0 aromatic rings. The Bertz CT molecular complexity index is 225.